The quantitative estimate of drug-likeness (QED) is 0.673. The van der Waals surface area contributed by atoms with Gasteiger partial charge in [-0.2, -0.15) is 0 Å². The SMILES string of the molecule is O=C(O)c1cccc(CN2CCC(c3cn(CC4CC4)c4ncccc34)CC2)c1. The second-order valence-electron chi connectivity index (χ2n) is 8.61. The number of nitrogens with zero attached hydrogens (tertiary/aromatic N) is 3. The highest BCUT2D eigenvalue weighted by Crippen LogP contribution is 2.37. The number of benzene rings is 1. The fourth-order valence-corrected chi connectivity index (χ4v) is 4.66. The maximum absolute atomic E-state index is 11.2. The van der Waals surface area contributed by atoms with Crippen LogP contribution in [-0.4, -0.2) is 38.6 Å². The van der Waals surface area contributed by atoms with Crippen molar-refractivity contribution in [3.8, 4) is 0 Å². The molecule has 5 rings (SSSR count). The summed E-state index contributed by atoms with van der Waals surface area (Å²) in [6.07, 6.45) is 9.24. The summed E-state index contributed by atoms with van der Waals surface area (Å²) in [5, 5.41) is 10.5. The smallest absolute Gasteiger partial charge is 0.335 e. The van der Waals surface area contributed by atoms with Crippen LogP contribution in [0.15, 0.2) is 48.8 Å². The van der Waals surface area contributed by atoms with Crippen LogP contribution in [0.3, 0.4) is 0 Å². The lowest BCUT2D eigenvalue weighted by Gasteiger charge is -2.32. The van der Waals surface area contributed by atoms with E-state index in [4.69, 9.17) is 0 Å². The maximum atomic E-state index is 11.2. The number of pyridine rings is 1. The molecule has 1 saturated heterocycles. The standard InChI is InChI=1S/C24H27N3O2/c28-24(29)20-4-1-3-18(13-20)14-26-11-8-19(9-12-26)22-16-27(15-17-6-7-17)23-21(22)5-2-10-25-23/h1-5,10,13,16-17,19H,6-9,11-12,14-15H2,(H,28,29). The largest absolute Gasteiger partial charge is 0.478 e. The van der Waals surface area contributed by atoms with Gasteiger partial charge in [-0.05, 0) is 86.0 Å². The Hall–Kier alpha value is -2.66. The van der Waals surface area contributed by atoms with Gasteiger partial charge in [0.1, 0.15) is 5.65 Å². The molecule has 1 saturated carbocycles. The van der Waals surface area contributed by atoms with E-state index in [1.54, 1.807) is 12.1 Å². The molecule has 0 atom stereocenters. The highest BCUT2D eigenvalue weighted by molar-refractivity contribution is 5.87. The first kappa shape index (κ1) is 18.4. The van der Waals surface area contributed by atoms with E-state index in [0.29, 0.717) is 11.5 Å². The zero-order chi connectivity index (χ0) is 19.8. The van der Waals surface area contributed by atoms with Gasteiger partial charge in [0, 0.05) is 30.9 Å². The molecule has 5 nitrogen and oxygen atoms in total. The molecule has 29 heavy (non-hydrogen) atoms. The molecule has 1 aliphatic carbocycles. The van der Waals surface area contributed by atoms with Gasteiger partial charge in [0.25, 0.3) is 0 Å². The predicted octanol–water partition coefficient (Wildman–Crippen LogP) is 4.52. The molecule has 0 radical (unpaired) electrons. The van der Waals surface area contributed by atoms with Gasteiger partial charge in [0.15, 0.2) is 0 Å². The van der Waals surface area contributed by atoms with Gasteiger partial charge >= 0.3 is 5.97 Å². The van der Waals surface area contributed by atoms with Gasteiger partial charge in [-0.15, -0.1) is 0 Å². The molecule has 2 fully saturated rings. The average molecular weight is 389 g/mol. The number of hydrogen-bond acceptors (Lipinski definition) is 3. The van der Waals surface area contributed by atoms with E-state index in [1.165, 1.54) is 23.8 Å². The third-order valence-electron chi connectivity index (χ3n) is 6.42. The lowest BCUT2D eigenvalue weighted by molar-refractivity contribution is 0.0696. The third-order valence-corrected chi connectivity index (χ3v) is 6.42. The number of aromatic carboxylic acids is 1. The molecule has 1 aliphatic heterocycles. The minimum atomic E-state index is -0.859. The summed E-state index contributed by atoms with van der Waals surface area (Å²) in [5.74, 6) is 0.550. The van der Waals surface area contributed by atoms with Crippen LogP contribution in [0.4, 0.5) is 0 Å². The molecule has 0 spiro atoms. The first-order chi connectivity index (χ1) is 14.2. The van der Waals surface area contributed by atoms with Crippen LogP contribution in [-0.2, 0) is 13.1 Å². The topological polar surface area (TPSA) is 58.4 Å². The lowest BCUT2D eigenvalue weighted by Crippen LogP contribution is -2.32. The van der Waals surface area contributed by atoms with E-state index < -0.39 is 5.97 Å². The Bertz CT molecular complexity index is 1030. The molecule has 1 aromatic carbocycles. The Kier molecular flexibility index (Phi) is 4.84. The van der Waals surface area contributed by atoms with E-state index in [0.717, 1.165) is 56.1 Å². The van der Waals surface area contributed by atoms with Crippen molar-refractivity contribution in [1.29, 1.82) is 0 Å². The summed E-state index contributed by atoms with van der Waals surface area (Å²) in [6, 6.07) is 11.6. The highest BCUT2D eigenvalue weighted by atomic mass is 16.4. The fraction of sp³-hybridized carbons (Fsp3) is 0.417. The molecule has 0 unspecified atom stereocenters. The van der Waals surface area contributed by atoms with Crippen LogP contribution in [0.25, 0.3) is 11.0 Å². The molecule has 2 aliphatic rings. The number of carboxylic acids is 1. The number of piperidine rings is 1. The highest BCUT2D eigenvalue weighted by Gasteiger charge is 2.27. The van der Waals surface area contributed by atoms with Crippen LogP contribution in [0.5, 0.6) is 0 Å². The van der Waals surface area contributed by atoms with Crippen molar-refractivity contribution in [2.45, 2.75) is 44.7 Å². The maximum Gasteiger partial charge on any atom is 0.335 e. The van der Waals surface area contributed by atoms with Crippen LogP contribution in [0.2, 0.25) is 0 Å². The number of rotatable bonds is 6. The lowest BCUT2D eigenvalue weighted by atomic mass is 9.89. The van der Waals surface area contributed by atoms with Crippen molar-refractivity contribution in [2.75, 3.05) is 13.1 Å². The monoisotopic (exact) mass is 389 g/mol. The first-order valence-corrected chi connectivity index (χ1v) is 10.7. The molecule has 0 amide bonds. The zero-order valence-electron chi connectivity index (χ0n) is 16.6. The second kappa shape index (κ2) is 7.64. The van der Waals surface area contributed by atoms with E-state index in [1.807, 2.05) is 18.3 Å². The van der Waals surface area contributed by atoms with Gasteiger partial charge in [-0.1, -0.05) is 12.1 Å². The molecule has 5 heteroatoms. The molecule has 150 valence electrons. The van der Waals surface area contributed by atoms with Crippen LogP contribution >= 0.6 is 0 Å². The van der Waals surface area contributed by atoms with Gasteiger partial charge in [-0.25, -0.2) is 9.78 Å². The molecular formula is C24H27N3O2. The minimum absolute atomic E-state index is 0.369. The Labute approximate surface area is 171 Å². The van der Waals surface area contributed by atoms with E-state index in [9.17, 15) is 9.90 Å². The summed E-state index contributed by atoms with van der Waals surface area (Å²) in [5.41, 5.74) is 4.05. The Morgan fingerprint density at radius 2 is 1.93 bits per heavy atom. The molecular weight excluding hydrogens is 362 g/mol. The molecule has 2 aromatic heterocycles. The number of likely N-dealkylation sites (tertiary alicyclic amines) is 1. The van der Waals surface area contributed by atoms with E-state index >= 15 is 0 Å². The molecule has 1 N–H and O–H groups in total. The van der Waals surface area contributed by atoms with Crippen LogP contribution < -0.4 is 0 Å². The average Bonchev–Trinajstić information content (AvgIpc) is 3.49. The Morgan fingerprint density at radius 1 is 1.10 bits per heavy atom. The predicted molar refractivity (Wildman–Crippen MR) is 113 cm³/mol. The van der Waals surface area contributed by atoms with Gasteiger partial charge < -0.3 is 9.67 Å². The van der Waals surface area contributed by atoms with Crippen molar-refractivity contribution in [3.05, 3.63) is 65.5 Å². The number of aromatic nitrogens is 2. The summed E-state index contributed by atoms with van der Waals surface area (Å²) in [4.78, 5) is 18.3. The number of fused-ring (bicyclic) bond motifs is 1. The number of carbonyl (C=O) groups is 1. The minimum Gasteiger partial charge on any atom is -0.478 e. The molecule has 3 aromatic rings. The molecule has 0 bridgehead atoms. The second-order valence-corrected chi connectivity index (χ2v) is 8.61. The van der Waals surface area contributed by atoms with Crippen molar-refractivity contribution >= 4 is 17.0 Å². The Balaban J connectivity index is 1.28. The zero-order valence-corrected chi connectivity index (χ0v) is 16.6. The van der Waals surface area contributed by atoms with E-state index in [2.05, 4.69) is 32.8 Å². The summed E-state index contributed by atoms with van der Waals surface area (Å²) in [6.45, 7) is 4.00. The van der Waals surface area contributed by atoms with Crippen molar-refractivity contribution in [1.82, 2.24) is 14.5 Å². The molecule has 3 heterocycles. The van der Waals surface area contributed by atoms with Gasteiger partial charge in [0.2, 0.25) is 0 Å². The van der Waals surface area contributed by atoms with Crippen molar-refractivity contribution < 1.29 is 9.90 Å². The number of hydrogen-bond donors (Lipinski definition) is 1. The number of carboxylic acid groups (broad SMARTS) is 1. The fourth-order valence-electron chi connectivity index (χ4n) is 4.66. The summed E-state index contributed by atoms with van der Waals surface area (Å²) < 4.78 is 2.38. The third kappa shape index (κ3) is 3.92. The van der Waals surface area contributed by atoms with Crippen molar-refractivity contribution in [2.24, 2.45) is 5.92 Å². The summed E-state index contributed by atoms with van der Waals surface area (Å²) in [7, 11) is 0. The van der Waals surface area contributed by atoms with Gasteiger partial charge in [0.05, 0.1) is 5.56 Å². The Morgan fingerprint density at radius 3 is 2.69 bits per heavy atom. The van der Waals surface area contributed by atoms with Crippen LogP contribution in [0, 0.1) is 5.92 Å². The first-order valence-electron chi connectivity index (χ1n) is 10.7. The van der Waals surface area contributed by atoms with Gasteiger partial charge in [-0.3, -0.25) is 4.90 Å². The normalized spacial score (nSPS) is 18.3. The van der Waals surface area contributed by atoms with Crippen LogP contribution in [0.1, 0.15) is 53.1 Å². The summed E-state index contributed by atoms with van der Waals surface area (Å²) >= 11 is 0. The van der Waals surface area contributed by atoms with Crippen molar-refractivity contribution in [3.63, 3.8) is 0 Å². The van der Waals surface area contributed by atoms with E-state index in [-0.39, 0.29) is 0 Å².